The second-order valence-electron chi connectivity index (χ2n) is 4.83. The summed E-state index contributed by atoms with van der Waals surface area (Å²) in [5.41, 5.74) is 1.01. The van der Waals surface area contributed by atoms with E-state index in [2.05, 4.69) is 0 Å². The van der Waals surface area contributed by atoms with Gasteiger partial charge in [-0.1, -0.05) is 30.7 Å². The quantitative estimate of drug-likeness (QED) is 0.775. The van der Waals surface area contributed by atoms with E-state index in [1.54, 1.807) is 19.1 Å². The third kappa shape index (κ3) is 3.52. The Balaban J connectivity index is 2.15. The van der Waals surface area contributed by atoms with Gasteiger partial charge in [0, 0.05) is 29.7 Å². The van der Waals surface area contributed by atoms with Gasteiger partial charge in [0.25, 0.3) is 0 Å². The van der Waals surface area contributed by atoms with Gasteiger partial charge >= 0.3 is 0 Å². The molecule has 2 atom stereocenters. The number of benzene rings is 1. The Morgan fingerprint density at radius 2 is 2.00 bits per heavy atom. The van der Waals surface area contributed by atoms with E-state index in [0.717, 1.165) is 5.56 Å². The summed E-state index contributed by atoms with van der Waals surface area (Å²) >= 11 is 5.82. The molecule has 5 heteroatoms. The van der Waals surface area contributed by atoms with Gasteiger partial charge in [-0.25, -0.2) is 4.39 Å². The van der Waals surface area contributed by atoms with Crippen molar-refractivity contribution in [3.63, 3.8) is 0 Å². The molecule has 0 heterocycles. The number of ether oxygens (including phenoxy) is 2. The molecule has 0 saturated carbocycles. The van der Waals surface area contributed by atoms with Crippen molar-refractivity contribution in [3.05, 3.63) is 58.1 Å². The van der Waals surface area contributed by atoms with Crippen molar-refractivity contribution in [1.29, 1.82) is 0 Å². The van der Waals surface area contributed by atoms with Crippen LogP contribution in [-0.2, 0) is 20.9 Å². The Bertz CT molecular complexity index is 578. The van der Waals surface area contributed by atoms with Crippen molar-refractivity contribution in [3.8, 4) is 0 Å². The predicted molar refractivity (Wildman–Crippen MR) is 78.5 cm³/mol. The summed E-state index contributed by atoms with van der Waals surface area (Å²) in [4.78, 5) is 10.9. The van der Waals surface area contributed by atoms with Crippen LogP contribution in [0, 0.1) is 5.92 Å². The molecule has 2 rings (SSSR count). The lowest BCUT2D eigenvalue weighted by Crippen LogP contribution is -2.29. The van der Waals surface area contributed by atoms with Crippen LogP contribution in [0.15, 0.2) is 47.5 Å². The normalized spacial score (nSPS) is 22.0. The topological polar surface area (TPSA) is 35.5 Å². The molecule has 1 aromatic carbocycles. The minimum Gasteiger partial charge on any atom is -0.490 e. The fourth-order valence-electron chi connectivity index (χ4n) is 2.27. The average molecular weight is 311 g/mol. The summed E-state index contributed by atoms with van der Waals surface area (Å²) in [7, 11) is 1.51. The molecule has 0 aromatic heterocycles. The van der Waals surface area contributed by atoms with Gasteiger partial charge in [0.2, 0.25) is 0 Å². The zero-order chi connectivity index (χ0) is 15.4. The first-order valence-corrected chi connectivity index (χ1v) is 6.91. The predicted octanol–water partition coefficient (Wildman–Crippen LogP) is 3.83. The third-order valence-corrected chi connectivity index (χ3v) is 3.72. The Kier molecular flexibility index (Phi) is 5.15. The number of allylic oxidation sites excluding steroid dienone is 2. The van der Waals surface area contributed by atoms with Crippen LogP contribution in [-0.4, -0.2) is 19.5 Å². The highest BCUT2D eigenvalue weighted by molar-refractivity contribution is 6.30. The van der Waals surface area contributed by atoms with Crippen LogP contribution in [0.2, 0.25) is 5.02 Å². The van der Waals surface area contributed by atoms with E-state index in [9.17, 15) is 9.18 Å². The Hall–Kier alpha value is -1.65. The average Bonchev–Trinajstić information content (AvgIpc) is 2.47. The lowest BCUT2D eigenvalue weighted by Gasteiger charge is -2.28. The maximum atomic E-state index is 13.9. The van der Waals surface area contributed by atoms with Gasteiger partial charge < -0.3 is 9.47 Å². The lowest BCUT2D eigenvalue weighted by molar-refractivity contribution is -0.106. The molecule has 0 spiro atoms. The summed E-state index contributed by atoms with van der Waals surface area (Å²) in [5, 5.41) is 0.642. The van der Waals surface area contributed by atoms with Gasteiger partial charge in [0.1, 0.15) is 30.6 Å². The fourth-order valence-corrected chi connectivity index (χ4v) is 2.40. The van der Waals surface area contributed by atoms with Crippen LogP contribution in [0.1, 0.15) is 12.5 Å². The van der Waals surface area contributed by atoms with Crippen molar-refractivity contribution in [2.24, 2.45) is 5.92 Å². The third-order valence-electron chi connectivity index (χ3n) is 3.47. The van der Waals surface area contributed by atoms with Crippen molar-refractivity contribution in [2.45, 2.75) is 19.6 Å². The molecule has 1 aliphatic carbocycles. The van der Waals surface area contributed by atoms with E-state index < -0.39 is 17.8 Å². The number of hydrogen-bond acceptors (Lipinski definition) is 3. The first kappa shape index (κ1) is 15.7. The highest BCUT2D eigenvalue weighted by Crippen LogP contribution is 2.32. The minimum absolute atomic E-state index is 0.0979. The summed E-state index contributed by atoms with van der Waals surface area (Å²) < 4.78 is 24.8. The number of rotatable bonds is 5. The molecular formula is C16H16ClFO3. The Labute approximate surface area is 128 Å². The molecular weight excluding hydrogens is 295 g/mol. The minimum atomic E-state index is -0.572. The molecule has 0 bridgehead atoms. The van der Waals surface area contributed by atoms with Gasteiger partial charge in [0.05, 0.1) is 0 Å². The second kappa shape index (κ2) is 6.87. The van der Waals surface area contributed by atoms with Crippen LogP contribution < -0.4 is 0 Å². The molecule has 2 unspecified atom stereocenters. The maximum absolute atomic E-state index is 13.9. The fraction of sp³-hybridized carbons (Fsp3) is 0.312. The van der Waals surface area contributed by atoms with Crippen LogP contribution in [0.4, 0.5) is 4.39 Å². The summed E-state index contributed by atoms with van der Waals surface area (Å²) in [5.74, 6) is -0.585. The lowest BCUT2D eigenvalue weighted by atomic mass is 9.89. The number of hydrogen-bond donors (Lipinski definition) is 0. The molecule has 3 nitrogen and oxygen atoms in total. The summed E-state index contributed by atoms with van der Waals surface area (Å²) in [6.45, 7) is 2.01. The molecule has 1 aliphatic rings. The molecule has 112 valence electrons. The molecule has 0 radical (unpaired) electrons. The highest BCUT2D eigenvalue weighted by Gasteiger charge is 2.32. The smallest absolute Gasteiger partial charge is 0.149 e. The first-order chi connectivity index (χ1) is 10.1. The van der Waals surface area contributed by atoms with Crippen LogP contribution in [0.3, 0.4) is 0 Å². The van der Waals surface area contributed by atoms with Crippen LogP contribution >= 0.6 is 11.6 Å². The van der Waals surface area contributed by atoms with Gasteiger partial charge in [0.15, 0.2) is 0 Å². The van der Waals surface area contributed by atoms with E-state index in [1.807, 2.05) is 12.1 Å². The molecule has 0 fully saturated rings. The molecule has 1 aromatic rings. The van der Waals surface area contributed by atoms with Crippen molar-refractivity contribution < 1.29 is 18.7 Å². The number of carbonyl (C=O) groups excluding carboxylic acids is 1. The number of aldehydes is 1. The molecule has 21 heavy (non-hydrogen) atoms. The Morgan fingerprint density at radius 3 is 2.57 bits per heavy atom. The maximum Gasteiger partial charge on any atom is 0.149 e. The van der Waals surface area contributed by atoms with Crippen LogP contribution in [0.5, 0.6) is 0 Å². The monoisotopic (exact) mass is 310 g/mol. The standard InChI is InChI=1S/C16H16ClFO3/c1-10-13(8-19)14(18)7-15(16(10)20-2)21-9-11-3-5-12(17)6-4-11/h3-8,10,16H,9H2,1-2H3. The van der Waals surface area contributed by atoms with E-state index in [1.165, 1.54) is 13.2 Å². The second-order valence-corrected chi connectivity index (χ2v) is 5.26. The van der Waals surface area contributed by atoms with Gasteiger partial charge in [-0.3, -0.25) is 4.79 Å². The number of halogens is 2. The van der Waals surface area contributed by atoms with E-state index >= 15 is 0 Å². The number of methoxy groups -OCH3 is 1. The highest BCUT2D eigenvalue weighted by atomic mass is 35.5. The van der Waals surface area contributed by atoms with Crippen molar-refractivity contribution >= 4 is 17.9 Å². The Morgan fingerprint density at radius 1 is 1.33 bits per heavy atom. The van der Waals surface area contributed by atoms with Gasteiger partial charge in [-0.15, -0.1) is 0 Å². The molecule has 0 aliphatic heterocycles. The number of carbonyl (C=O) groups is 1. The molecule has 0 amide bonds. The van der Waals surface area contributed by atoms with Crippen molar-refractivity contribution in [1.82, 2.24) is 0 Å². The zero-order valence-corrected chi connectivity index (χ0v) is 12.6. The van der Waals surface area contributed by atoms with Crippen LogP contribution in [0.25, 0.3) is 0 Å². The molecule has 0 N–H and O–H groups in total. The van der Waals surface area contributed by atoms with E-state index in [-0.39, 0.29) is 12.2 Å². The zero-order valence-electron chi connectivity index (χ0n) is 11.8. The largest absolute Gasteiger partial charge is 0.490 e. The van der Waals surface area contributed by atoms with Gasteiger partial charge in [-0.05, 0) is 17.7 Å². The summed E-state index contributed by atoms with van der Waals surface area (Å²) in [6, 6.07) is 7.19. The van der Waals surface area contributed by atoms with E-state index in [4.69, 9.17) is 21.1 Å². The summed E-state index contributed by atoms with van der Waals surface area (Å²) in [6.07, 6.45) is 1.27. The van der Waals surface area contributed by atoms with E-state index in [0.29, 0.717) is 17.1 Å². The SMILES string of the molecule is COC1C(OCc2ccc(Cl)cc2)=CC(F)=C(C=O)C1C. The van der Waals surface area contributed by atoms with Gasteiger partial charge in [-0.2, -0.15) is 0 Å². The molecule has 0 saturated heterocycles. The van der Waals surface area contributed by atoms with Crippen molar-refractivity contribution in [2.75, 3.05) is 7.11 Å². The first-order valence-electron chi connectivity index (χ1n) is 6.53.